The average Bonchev–Trinajstić information content (AvgIpc) is 3.53. The van der Waals surface area contributed by atoms with E-state index >= 15 is 0 Å². The van der Waals surface area contributed by atoms with Crippen LogP contribution in [0.2, 0.25) is 0 Å². The van der Waals surface area contributed by atoms with E-state index in [4.69, 9.17) is 9.97 Å². The summed E-state index contributed by atoms with van der Waals surface area (Å²) in [6.07, 6.45) is 6.88. The highest BCUT2D eigenvalue weighted by atomic mass is 32.1. The monoisotopic (exact) mass is 526 g/mol. The van der Waals surface area contributed by atoms with Crippen LogP contribution < -0.4 is 0 Å². The summed E-state index contributed by atoms with van der Waals surface area (Å²) >= 11 is 3.68. The Balaban J connectivity index is 0.000000152. The molecule has 2 nitrogen and oxygen atoms in total. The van der Waals surface area contributed by atoms with E-state index in [2.05, 4.69) is 95.3 Å². The number of aryl methyl sites for hydroxylation is 1. The van der Waals surface area contributed by atoms with Gasteiger partial charge >= 0.3 is 0 Å². The molecule has 0 aliphatic heterocycles. The minimum absolute atomic E-state index is 0.550. The van der Waals surface area contributed by atoms with Crippen LogP contribution in [0.4, 0.5) is 0 Å². The lowest BCUT2D eigenvalue weighted by molar-refractivity contribution is 0.443. The summed E-state index contributed by atoms with van der Waals surface area (Å²) in [5, 5.41) is 2.49. The first-order chi connectivity index (χ1) is 17.9. The quantitative estimate of drug-likeness (QED) is 0.233. The van der Waals surface area contributed by atoms with Gasteiger partial charge in [0.1, 0.15) is 5.01 Å². The number of rotatable bonds is 4. The summed E-state index contributed by atoms with van der Waals surface area (Å²) in [6.45, 7) is 11.0. The minimum Gasteiger partial charge on any atom is -0.241 e. The van der Waals surface area contributed by atoms with Crippen LogP contribution in [0.1, 0.15) is 99.3 Å². The molecule has 1 aliphatic carbocycles. The fourth-order valence-corrected chi connectivity index (χ4v) is 7.04. The molecule has 1 aliphatic rings. The smallest absolute Gasteiger partial charge is 0.124 e. The number of thiazole rings is 2. The zero-order valence-electron chi connectivity index (χ0n) is 22.8. The van der Waals surface area contributed by atoms with Gasteiger partial charge in [-0.1, -0.05) is 88.9 Å². The molecule has 0 amide bonds. The molecule has 0 atom stereocenters. The van der Waals surface area contributed by atoms with E-state index in [1.807, 2.05) is 11.3 Å². The third kappa shape index (κ3) is 6.13. The molecule has 0 N–H and O–H groups in total. The van der Waals surface area contributed by atoms with Crippen LogP contribution in [-0.4, -0.2) is 9.97 Å². The van der Waals surface area contributed by atoms with Crippen molar-refractivity contribution in [2.24, 2.45) is 0 Å². The van der Waals surface area contributed by atoms with Crippen molar-refractivity contribution in [3.8, 4) is 10.6 Å². The highest BCUT2D eigenvalue weighted by Crippen LogP contribution is 2.37. The van der Waals surface area contributed by atoms with Crippen molar-refractivity contribution in [2.45, 2.75) is 84.5 Å². The third-order valence-corrected chi connectivity index (χ3v) is 9.71. The predicted molar refractivity (Wildman–Crippen MR) is 163 cm³/mol. The van der Waals surface area contributed by atoms with Crippen molar-refractivity contribution >= 4 is 43.1 Å². The summed E-state index contributed by atoms with van der Waals surface area (Å²) in [7, 11) is 0. The minimum atomic E-state index is 0.550. The first-order valence-corrected chi connectivity index (χ1v) is 15.4. The number of nitrogens with zero attached hydrogens (tertiary/aromatic N) is 2. The Morgan fingerprint density at radius 3 is 1.84 bits per heavy atom. The van der Waals surface area contributed by atoms with Crippen molar-refractivity contribution in [3.63, 3.8) is 0 Å². The first kappa shape index (κ1) is 26.1. The van der Waals surface area contributed by atoms with E-state index in [9.17, 15) is 0 Å². The zero-order chi connectivity index (χ0) is 25.9. The van der Waals surface area contributed by atoms with E-state index in [1.165, 1.54) is 74.3 Å². The lowest BCUT2D eigenvalue weighted by Gasteiger charge is -2.18. The lowest BCUT2D eigenvalue weighted by Crippen LogP contribution is -2.03. The molecule has 192 valence electrons. The molecule has 3 aromatic carbocycles. The third-order valence-electron chi connectivity index (χ3n) is 7.43. The van der Waals surface area contributed by atoms with Gasteiger partial charge in [0.15, 0.2) is 0 Å². The van der Waals surface area contributed by atoms with Gasteiger partial charge in [0.25, 0.3) is 0 Å². The van der Waals surface area contributed by atoms with E-state index in [0.717, 1.165) is 16.4 Å². The van der Waals surface area contributed by atoms with Crippen LogP contribution in [-0.2, 0) is 0 Å². The van der Waals surface area contributed by atoms with E-state index in [-0.39, 0.29) is 0 Å². The summed E-state index contributed by atoms with van der Waals surface area (Å²) < 4.78 is 2.62. The van der Waals surface area contributed by atoms with Crippen LogP contribution in [0, 0.1) is 6.92 Å². The van der Waals surface area contributed by atoms with E-state index < -0.39 is 0 Å². The fourth-order valence-electron chi connectivity index (χ4n) is 4.97. The summed E-state index contributed by atoms with van der Waals surface area (Å²) in [6, 6.07) is 22.0. The zero-order valence-corrected chi connectivity index (χ0v) is 24.4. The molecule has 2 aromatic heterocycles. The van der Waals surface area contributed by atoms with Crippen molar-refractivity contribution in [3.05, 3.63) is 82.4 Å². The lowest BCUT2D eigenvalue weighted by atomic mass is 9.90. The highest BCUT2D eigenvalue weighted by Gasteiger charge is 2.19. The molecule has 6 rings (SSSR count). The maximum absolute atomic E-state index is 4.90. The van der Waals surface area contributed by atoms with Gasteiger partial charge in [0.2, 0.25) is 0 Å². The van der Waals surface area contributed by atoms with Crippen molar-refractivity contribution in [2.75, 3.05) is 0 Å². The molecule has 0 unspecified atom stereocenters. The van der Waals surface area contributed by atoms with Gasteiger partial charge in [0, 0.05) is 11.5 Å². The number of benzene rings is 3. The van der Waals surface area contributed by atoms with E-state index in [1.54, 1.807) is 11.3 Å². The summed E-state index contributed by atoms with van der Waals surface area (Å²) in [5.41, 5.74) is 7.58. The second kappa shape index (κ2) is 11.4. The van der Waals surface area contributed by atoms with Crippen molar-refractivity contribution < 1.29 is 0 Å². The largest absolute Gasteiger partial charge is 0.241 e. The topological polar surface area (TPSA) is 25.8 Å². The SMILES string of the molecule is CC(C)c1ccc2sc(C3CCCCC3)nc2c1.Cc1ccc(-c2nc3cc(C(C)C)ccc3s2)cc1. The van der Waals surface area contributed by atoms with Crippen LogP contribution in [0.15, 0.2) is 60.7 Å². The molecular weight excluding hydrogens is 489 g/mol. The molecule has 1 fully saturated rings. The molecule has 0 radical (unpaired) electrons. The van der Waals surface area contributed by atoms with Crippen molar-refractivity contribution in [1.29, 1.82) is 0 Å². The average molecular weight is 527 g/mol. The molecule has 2 heterocycles. The fraction of sp³-hybridized carbons (Fsp3) is 0.394. The Morgan fingerprint density at radius 2 is 1.24 bits per heavy atom. The molecule has 0 bridgehead atoms. The second-order valence-electron chi connectivity index (χ2n) is 11.0. The number of fused-ring (bicyclic) bond motifs is 2. The summed E-state index contributed by atoms with van der Waals surface area (Å²) in [4.78, 5) is 9.67. The molecule has 5 aromatic rings. The Bertz CT molecular complexity index is 1470. The molecule has 0 spiro atoms. The van der Waals surface area contributed by atoms with E-state index in [0.29, 0.717) is 11.8 Å². The van der Waals surface area contributed by atoms with Crippen LogP contribution in [0.25, 0.3) is 31.0 Å². The number of aromatic nitrogens is 2. The van der Waals surface area contributed by atoms with Gasteiger partial charge in [-0.2, -0.15) is 0 Å². The van der Waals surface area contributed by atoms with Gasteiger partial charge in [-0.15, -0.1) is 22.7 Å². The van der Waals surface area contributed by atoms with Gasteiger partial charge in [-0.25, -0.2) is 9.97 Å². The Morgan fingerprint density at radius 1 is 0.676 bits per heavy atom. The molecular formula is C33H38N2S2. The number of hydrogen-bond acceptors (Lipinski definition) is 4. The molecule has 1 saturated carbocycles. The molecule has 37 heavy (non-hydrogen) atoms. The second-order valence-corrected chi connectivity index (χ2v) is 13.1. The van der Waals surface area contributed by atoms with Crippen molar-refractivity contribution in [1.82, 2.24) is 9.97 Å². The Labute approximate surface area is 229 Å². The van der Waals surface area contributed by atoms with Crippen LogP contribution >= 0.6 is 22.7 Å². The van der Waals surface area contributed by atoms with Gasteiger partial charge in [-0.05, 0) is 67.0 Å². The van der Waals surface area contributed by atoms with Crippen LogP contribution in [0.5, 0.6) is 0 Å². The molecule has 4 heteroatoms. The van der Waals surface area contributed by atoms with Crippen LogP contribution in [0.3, 0.4) is 0 Å². The van der Waals surface area contributed by atoms with Gasteiger partial charge in [-0.3, -0.25) is 0 Å². The molecule has 0 saturated heterocycles. The maximum atomic E-state index is 4.90. The Kier molecular flexibility index (Phi) is 8.07. The summed E-state index contributed by atoms with van der Waals surface area (Å²) in [5.74, 6) is 1.88. The van der Waals surface area contributed by atoms with Gasteiger partial charge in [0.05, 0.1) is 25.4 Å². The van der Waals surface area contributed by atoms with Gasteiger partial charge < -0.3 is 0 Å². The first-order valence-electron chi connectivity index (χ1n) is 13.8. The standard InChI is InChI=1S/C17H17NS.C16H21NS/c1-11(2)14-8-9-16-15(10-14)18-17(19-16)13-6-4-12(3)5-7-13;1-11(2)13-8-9-15-14(10-13)17-16(18-15)12-6-4-3-5-7-12/h4-11H,1-3H3;8-12H,3-7H2,1-2H3. The highest BCUT2D eigenvalue weighted by molar-refractivity contribution is 7.21. The maximum Gasteiger partial charge on any atom is 0.124 e. The predicted octanol–water partition coefficient (Wildman–Crippen LogP) is 10.9. The normalized spacial score (nSPS) is 14.5. The Hall–Kier alpha value is -2.56. The number of hydrogen-bond donors (Lipinski definition) is 0.